The molecule has 0 atom stereocenters. The van der Waals surface area contributed by atoms with Crippen molar-refractivity contribution < 1.29 is 13.2 Å². The molecule has 1 fully saturated rings. The van der Waals surface area contributed by atoms with Crippen molar-refractivity contribution in [3.05, 3.63) is 64.8 Å². The first-order valence-corrected chi connectivity index (χ1v) is 14.0. The number of benzene rings is 2. The lowest BCUT2D eigenvalue weighted by molar-refractivity contribution is 0.0730. The number of ether oxygens (including phenoxy) is 1. The minimum atomic E-state index is -3.66. The summed E-state index contributed by atoms with van der Waals surface area (Å²) >= 11 is 8.02. The van der Waals surface area contributed by atoms with Crippen LogP contribution in [-0.4, -0.2) is 49.0 Å². The van der Waals surface area contributed by atoms with E-state index in [1.165, 1.54) is 33.6 Å². The highest BCUT2D eigenvalue weighted by Crippen LogP contribution is 2.39. The Labute approximate surface area is 213 Å². The summed E-state index contributed by atoms with van der Waals surface area (Å²) < 4.78 is 33.1. The fourth-order valence-electron chi connectivity index (χ4n) is 4.05. The summed E-state index contributed by atoms with van der Waals surface area (Å²) in [5, 5.41) is 6.60. The van der Waals surface area contributed by atoms with Crippen LogP contribution in [0.2, 0.25) is 5.02 Å². The van der Waals surface area contributed by atoms with E-state index < -0.39 is 10.0 Å². The van der Waals surface area contributed by atoms with E-state index in [9.17, 15) is 8.42 Å². The van der Waals surface area contributed by atoms with Gasteiger partial charge in [0.15, 0.2) is 0 Å². The summed E-state index contributed by atoms with van der Waals surface area (Å²) in [7, 11) is -3.66. The number of halogens is 1. The number of nitrogens with zero attached hydrogens (tertiary/aromatic N) is 3. The zero-order valence-electron chi connectivity index (χ0n) is 19.4. The Kier molecular flexibility index (Phi) is 6.78. The Bertz CT molecular complexity index is 1460. The SMILES string of the molecule is CC(C)c1ccc(-c2csc3ncnc(Nc4cc(S(=O)(=O)N5CCOCC5)ccc4Cl)c23)cc1. The zero-order chi connectivity index (χ0) is 24.6. The largest absolute Gasteiger partial charge is 0.379 e. The summed E-state index contributed by atoms with van der Waals surface area (Å²) in [6.45, 7) is 5.76. The normalized spacial score (nSPS) is 15.1. The van der Waals surface area contributed by atoms with Crippen molar-refractivity contribution >= 4 is 54.7 Å². The van der Waals surface area contributed by atoms with Crippen LogP contribution in [0.1, 0.15) is 25.3 Å². The second-order valence-corrected chi connectivity index (χ2v) is 11.8. The van der Waals surface area contributed by atoms with Gasteiger partial charge < -0.3 is 10.1 Å². The highest BCUT2D eigenvalue weighted by Gasteiger charge is 2.27. The van der Waals surface area contributed by atoms with E-state index in [1.54, 1.807) is 12.1 Å². The smallest absolute Gasteiger partial charge is 0.243 e. The van der Waals surface area contributed by atoms with Gasteiger partial charge in [-0.3, -0.25) is 0 Å². The third kappa shape index (κ3) is 4.79. The molecular formula is C25H25ClN4O3S2. The Morgan fingerprint density at radius 1 is 1.09 bits per heavy atom. The Balaban J connectivity index is 1.53. The van der Waals surface area contributed by atoms with Gasteiger partial charge in [-0.25, -0.2) is 18.4 Å². The van der Waals surface area contributed by atoms with Gasteiger partial charge in [0.25, 0.3) is 0 Å². The number of rotatable bonds is 6. The molecule has 1 saturated heterocycles. The minimum Gasteiger partial charge on any atom is -0.379 e. The number of anilines is 2. The Morgan fingerprint density at radius 3 is 2.54 bits per heavy atom. The second-order valence-electron chi connectivity index (χ2n) is 8.61. The summed E-state index contributed by atoms with van der Waals surface area (Å²) in [6, 6.07) is 13.2. The first-order valence-electron chi connectivity index (χ1n) is 11.3. The van der Waals surface area contributed by atoms with E-state index in [4.69, 9.17) is 16.3 Å². The summed E-state index contributed by atoms with van der Waals surface area (Å²) in [5.74, 6) is 1.02. The fraction of sp³-hybridized carbons (Fsp3) is 0.280. The topological polar surface area (TPSA) is 84.4 Å². The molecule has 35 heavy (non-hydrogen) atoms. The molecule has 7 nitrogen and oxygen atoms in total. The second kappa shape index (κ2) is 9.83. The molecule has 2 aromatic carbocycles. The molecule has 1 aliphatic rings. The molecule has 5 rings (SSSR count). The van der Waals surface area contributed by atoms with E-state index >= 15 is 0 Å². The zero-order valence-corrected chi connectivity index (χ0v) is 21.8. The van der Waals surface area contributed by atoms with Crippen molar-refractivity contribution in [3.63, 3.8) is 0 Å². The van der Waals surface area contributed by atoms with Crippen LogP contribution in [0.5, 0.6) is 0 Å². The molecule has 0 aliphatic carbocycles. The highest BCUT2D eigenvalue weighted by molar-refractivity contribution is 7.89. The number of fused-ring (bicyclic) bond motifs is 1. The van der Waals surface area contributed by atoms with Crippen LogP contribution < -0.4 is 5.32 Å². The van der Waals surface area contributed by atoms with Crippen LogP contribution >= 0.6 is 22.9 Å². The minimum absolute atomic E-state index is 0.173. The molecule has 4 aromatic rings. The molecule has 0 saturated carbocycles. The average Bonchev–Trinajstić information content (AvgIpc) is 3.31. The lowest BCUT2D eigenvalue weighted by Gasteiger charge is -2.26. The monoisotopic (exact) mass is 528 g/mol. The molecule has 182 valence electrons. The molecule has 0 radical (unpaired) electrons. The van der Waals surface area contributed by atoms with Crippen molar-refractivity contribution in [1.29, 1.82) is 0 Å². The fourth-order valence-corrected chi connectivity index (χ4v) is 6.57. The average molecular weight is 529 g/mol. The maximum Gasteiger partial charge on any atom is 0.243 e. The van der Waals surface area contributed by atoms with Gasteiger partial charge in [0.05, 0.1) is 34.2 Å². The van der Waals surface area contributed by atoms with Crippen molar-refractivity contribution in [3.8, 4) is 11.1 Å². The summed E-state index contributed by atoms with van der Waals surface area (Å²) in [6.07, 6.45) is 1.50. The molecule has 0 bridgehead atoms. The number of nitrogens with one attached hydrogen (secondary N) is 1. The first-order chi connectivity index (χ1) is 16.8. The van der Waals surface area contributed by atoms with Crippen LogP contribution in [0, 0.1) is 0 Å². The van der Waals surface area contributed by atoms with Gasteiger partial charge >= 0.3 is 0 Å². The number of aromatic nitrogens is 2. The molecular weight excluding hydrogens is 504 g/mol. The third-order valence-corrected chi connectivity index (χ3v) is 9.17. The van der Waals surface area contributed by atoms with E-state index in [0.717, 1.165) is 21.3 Å². The van der Waals surface area contributed by atoms with Crippen LogP contribution in [-0.2, 0) is 14.8 Å². The number of sulfonamides is 1. The molecule has 3 heterocycles. The molecule has 10 heteroatoms. The van der Waals surface area contributed by atoms with E-state index in [2.05, 4.69) is 58.8 Å². The summed E-state index contributed by atoms with van der Waals surface area (Å²) in [5.41, 5.74) is 3.81. The van der Waals surface area contributed by atoms with Gasteiger partial charge in [0.2, 0.25) is 10.0 Å². The van der Waals surface area contributed by atoms with Crippen molar-refractivity contribution in [2.24, 2.45) is 0 Å². The number of morpholine rings is 1. The van der Waals surface area contributed by atoms with Crippen molar-refractivity contribution in [2.45, 2.75) is 24.7 Å². The van der Waals surface area contributed by atoms with Gasteiger partial charge in [0, 0.05) is 24.0 Å². The van der Waals surface area contributed by atoms with E-state index in [1.807, 2.05) is 0 Å². The van der Waals surface area contributed by atoms with Gasteiger partial charge in [-0.2, -0.15) is 4.31 Å². The molecule has 2 aromatic heterocycles. The quantitative estimate of drug-likeness (QED) is 0.335. The summed E-state index contributed by atoms with van der Waals surface area (Å²) in [4.78, 5) is 9.92. The predicted molar refractivity (Wildman–Crippen MR) is 141 cm³/mol. The van der Waals surface area contributed by atoms with Gasteiger partial charge in [-0.15, -0.1) is 11.3 Å². The number of hydrogen-bond acceptors (Lipinski definition) is 7. The number of hydrogen-bond donors (Lipinski definition) is 1. The highest BCUT2D eigenvalue weighted by atomic mass is 35.5. The lowest BCUT2D eigenvalue weighted by atomic mass is 9.99. The van der Waals surface area contributed by atoms with Crippen LogP contribution in [0.25, 0.3) is 21.3 Å². The third-order valence-electron chi connectivity index (χ3n) is 6.06. The molecule has 1 aliphatic heterocycles. The van der Waals surface area contributed by atoms with Gasteiger partial charge in [-0.1, -0.05) is 49.7 Å². The standard InChI is InChI=1S/C25H25ClN4O3S2/c1-16(2)17-3-5-18(6-4-17)20-14-34-25-23(20)24(27-15-28-25)29-22-13-19(7-8-21(22)26)35(31,32)30-9-11-33-12-10-30/h3-8,13-16H,9-12H2,1-2H3,(H,27,28,29). The van der Waals surface area contributed by atoms with Gasteiger partial charge in [-0.05, 0) is 35.2 Å². The van der Waals surface area contributed by atoms with Crippen molar-refractivity contribution in [1.82, 2.24) is 14.3 Å². The predicted octanol–water partition coefficient (Wildman–Crippen LogP) is 5.90. The van der Waals surface area contributed by atoms with Crippen LogP contribution in [0.3, 0.4) is 0 Å². The molecule has 0 spiro atoms. The molecule has 0 unspecified atom stereocenters. The van der Waals surface area contributed by atoms with Crippen LogP contribution in [0.15, 0.2) is 59.1 Å². The Morgan fingerprint density at radius 2 is 1.83 bits per heavy atom. The maximum absolute atomic E-state index is 13.2. The maximum atomic E-state index is 13.2. The van der Waals surface area contributed by atoms with E-state index in [-0.39, 0.29) is 4.90 Å². The Hall–Kier alpha value is -2.56. The van der Waals surface area contributed by atoms with Crippen molar-refractivity contribution in [2.75, 3.05) is 31.6 Å². The van der Waals surface area contributed by atoms with Gasteiger partial charge in [0.1, 0.15) is 17.0 Å². The first kappa shape index (κ1) is 24.1. The molecule has 0 amide bonds. The lowest BCUT2D eigenvalue weighted by Crippen LogP contribution is -2.40. The number of thiophene rings is 1. The molecule has 1 N–H and O–H groups in total. The van der Waals surface area contributed by atoms with E-state index in [0.29, 0.717) is 48.7 Å². The van der Waals surface area contributed by atoms with Crippen LogP contribution in [0.4, 0.5) is 11.5 Å².